The summed E-state index contributed by atoms with van der Waals surface area (Å²) in [5.74, 6) is 0. The number of likely N-dealkylation sites (tertiary alicyclic amines) is 1. The van der Waals surface area contributed by atoms with E-state index >= 15 is 0 Å². The van der Waals surface area contributed by atoms with Gasteiger partial charge in [0.05, 0.1) is 5.60 Å². The van der Waals surface area contributed by atoms with E-state index in [0.29, 0.717) is 0 Å². The molecule has 0 aromatic rings. The van der Waals surface area contributed by atoms with E-state index in [1.165, 1.54) is 32.5 Å². The zero-order valence-corrected chi connectivity index (χ0v) is 11.4. The van der Waals surface area contributed by atoms with Crippen molar-refractivity contribution >= 4 is 0 Å². The molecule has 16 heavy (non-hydrogen) atoms. The number of piperidine rings is 1. The number of nitrogens with zero attached hydrogens (tertiary/aromatic N) is 1. The molecule has 0 radical (unpaired) electrons. The van der Waals surface area contributed by atoms with Crippen molar-refractivity contribution in [3.05, 3.63) is 0 Å². The number of rotatable bonds is 6. The van der Waals surface area contributed by atoms with Gasteiger partial charge in [0.1, 0.15) is 0 Å². The molecule has 0 aromatic carbocycles. The van der Waals surface area contributed by atoms with Crippen molar-refractivity contribution in [3.63, 3.8) is 0 Å². The zero-order chi connectivity index (χ0) is 12.0. The molecule has 3 heteroatoms. The normalized spacial score (nSPS) is 20.2. The first-order chi connectivity index (χ1) is 7.57. The van der Waals surface area contributed by atoms with Crippen LogP contribution in [0.4, 0.5) is 0 Å². The van der Waals surface area contributed by atoms with E-state index in [2.05, 4.69) is 31.0 Å². The number of hydrogen-bond acceptors (Lipinski definition) is 3. The van der Waals surface area contributed by atoms with Crippen LogP contribution in [0.3, 0.4) is 0 Å². The van der Waals surface area contributed by atoms with Crippen molar-refractivity contribution in [3.8, 4) is 0 Å². The van der Waals surface area contributed by atoms with Gasteiger partial charge in [-0.1, -0.05) is 6.92 Å². The second-order valence-electron chi connectivity index (χ2n) is 5.38. The summed E-state index contributed by atoms with van der Waals surface area (Å²) in [6.45, 7) is 11.3. The fraction of sp³-hybridized carbons (Fsp3) is 1.00. The summed E-state index contributed by atoms with van der Waals surface area (Å²) in [5.41, 5.74) is 0.0110. The van der Waals surface area contributed by atoms with Gasteiger partial charge in [-0.2, -0.15) is 0 Å². The highest BCUT2D eigenvalue weighted by Crippen LogP contribution is 2.13. The maximum atomic E-state index is 5.41. The van der Waals surface area contributed by atoms with Gasteiger partial charge in [-0.3, -0.25) is 0 Å². The average molecular weight is 228 g/mol. The quantitative estimate of drug-likeness (QED) is 0.751. The summed E-state index contributed by atoms with van der Waals surface area (Å²) < 4.78 is 5.41. The Hall–Kier alpha value is -0.120. The van der Waals surface area contributed by atoms with Gasteiger partial charge in [-0.25, -0.2) is 0 Å². The average Bonchev–Trinajstić information content (AvgIpc) is 2.30. The maximum absolute atomic E-state index is 5.41. The maximum Gasteiger partial charge on any atom is 0.0634 e. The molecule has 0 amide bonds. The van der Waals surface area contributed by atoms with Crippen LogP contribution in [-0.2, 0) is 4.74 Å². The molecular formula is C13H28N2O. The topological polar surface area (TPSA) is 24.5 Å². The molecule has 1 N–H and O–H groups in total. The number of nitrogens with one attached hydrogen (secondary N) is 1. The van der Waals surface area contributed by atoms with Gasteiger partial charge in [0.25, 0.3) is 0 Å². The van der Waals surface area contributed by atoms with Gasteiger partial charge in [0.15, 0.2) is 0 Å². The summed E-state index contributed by atoms with van der Waals surface area (Å²) >= 11 is 0. The smallest absolute Gasteiger partial charge is 0.0634 e. The van der Waals surface area contributed by atoms with E-state index in [1.54, 1.807) is 7.11 Å². The number of methoxy groups -OCH3 is 1. The molecule has 0 saturated carbocycles. The third kappa shape index (κ3) is 4.81. The van der Waals surface area contributed by atoms with Gasteiger partial charge < -0.3 is 15.0 Å². The summed E-state index contributed by atoms with van der Waals surface area (Å²) in [4.78, 5) is 2.53. The van der Waals surface area contributed by atoms with Crippen LogP contribution in [0.25, 0.3) is 0 Å². The SMILES string of the molecule is CCN1CCC(NCCC(C)(C)OC)CC1. The predicted molar refractivity (Wildman–Crippen MR) is 68.8 cm³/mol. The van der Waals surface area contributed by atoms with Crippen LogP contribution in [0.1, 0.15) is 40.0 Å². The molecular weight excluding hydrogens is 200 g/mol. The van der Waals surface area contributed by atoms with E-state index in [0.717, 1.165) is 19.0 Å². The third-order valence-electron chi connectivity index (χ3n) is 3.75. The highest BCUT2D eigenvalue weighted by Gasteiger charge is 2.19. The first-order valence-corrected chi connectivity index (χ1v) is 6.58. The minimum atomic E-state index is 0.0110. The molecule has 0 aliphatic carbocycles. The van der Waals surface area contributed by atoms with Crippen molar-refractivity contribution in [2.24, 2.45) is 0 Å². The lowest BCUT2D eigenvalue weighted by molar-refractivity contribution is 0.0149. The lowest BCUT2D eigenvalue weighted by atomic mass is 10.0. The van der Waals surface area contributed by atoms with Crippen LogP contribution < -0.4 is 5.32 Å². The standard InChI is InChI=1S/C13H28N2O/c1-5-15-10-6-12(7-11-15)14-9-8-13(2,3)16-4/h12,14H,5-11H2,1-4H3. The van der Waals surface area contributed by atoms with Crippen molar-refractivity contribution in [1.82, 2.24) is 10.2 Å². The predicted octanol–water partition coefficient (Wildman–Crippen LogP) is 1.88. The van der Waals surface area contributed by atoms with E-state index in [1.807, 2.05) is 0 Å². The summed E-state index contributed by atoms with van der Waals surface area (Å²) in [5, 5.41) is 3.65. The van der Waals surface area contributed by atoms with E-state index < -0.39 is 0 Å². The molecule has 0 aromatic heterocycles. The minimum absolute atomic E-state index is 0.0110. The number of ether oxygens (including phenoxy) is 1. The van der Waals surface area contributed by atoms with Gasteiger partial charge in [0, 0.05) is 13.2 Å². The first kappa shape index (κ1) is 13.9. The number of hydrogen-bond donors (Lipinski definition) is 1. The van der Waals surface area contributed by atoms with Crippen LogP contribution in [0.2, 0.25) is 0 Å². The first-order valence-electron chi connectivity index (χ1n) is 6.58. The van der Waals surface area contributed by atoms with Crippen molar-refractivity contribution < 1.29 is 4.74 Å². The van der Waals surface area contributed by atoms with Gasteiger partial charge in [-0.15, -0.1) is 0 Å². The lowest BCUT2D eigenvalue weighted by Gasteiger charge is -2.32. The minimum Gasteiger partial charge on any atom is -0.379 e. The largest absolute Gasteiger partial charge is 0.379 e. The molecule has 0 spiro atoms. The van der Waals surface area contributed by atoms with Gasteiger partial charge in [0.2, 0.25) is 0 Å². The van der Waals surface area contributed by atoms with Crippen LogP contribution in [0.15, 0.2) is 0 Å². The summed E-state index contributed by atoms with van der Waals surface area (Å²) in [7, 11) is 1.79. The monoisotopic (exact) mass is 228 g/mol. The molecule has 1 saturated heterocycles. The molecule has 0 bridgehead atoms. The van der Waals surface area contributed by atoms with Crippen LogP contribution in [0, 0.1) is 0 Å². The molecule has 96 valence electrons. The summed E-state index contributed by atoms with van der Waals surface area (Å²) in [6.07, 6.45) is 3.67. The Morgan fingerprint density at radius 1 is 1.31 bits per heavy atom. The molecule has 1 aliphatic heterocycles. The van der Waals surface area contributed by atoms with Crippen LogP contribution in [-0.4, -0.2) is 49.8 Å². The Morgan fingerprint density at radius 3 is 2.44 bits per heavy atom. The molecule has 1 fully saturated rings. The van der Waals surface area contributed by atoms with Crippen molar-refractivity contribution in [2.45, 2.75) is 51.7 Å². The molecule has 0 atom stereocenters. The third-order valence-corrected chi connectivity index (χ3v) is 3.75. The van der Waals surface area contributed by atoms with Gasteiger partial charge in [-0.05, 0) is 59.3 Å². The fourth-order valence-corrected chi connectivity index (χ4v) is 2.13. The molecule has 3 nitrogen and oxygen atoms in total. The highest BCUT2D eigenvalue weighted by atomic mass is 16.5. The second-order valence-corrected chi connectivity index (χ2v) is 5.38. The Bertz CT molecular complexity index is 186. The van der Waals surface area contributed by atoms with Crippen LogP contribution >= 0.6 is 0 Å². The fourth-order valence-electron chi connectivity index (χ4n) is 2.13. The Balaban J connectivity index is 2.11. The van der Waals surface area contributed by atoms with Crippen molar-refractivity contribution in [2.75, 3.05) is 33.3 Å². The Kier molecular flexibility index (Phi) is 5.73. The highest BCUT2D eigenvalue weighted by molar-refractivity contribution is 4.78. The van der Waals surface area contributed by atoms with E-state index in [4.69, 9.17) is 4.74 Å². The van der Waals surface area contributed by atoms with Crippen LogP contribution in [0.5, 0.6) is 0 Å². The van der Waals surface area contributed by atoms with Crippen molar-refractivity contribution in [1.29, 1.82) is 0 Å². The Morgan fingerprint density at radius 2 is 1.94 bits per heavy atom. The zero-order valence-electron chi connectivity index (χ0n) is 11.4. The van der Waals surface area contributed by atoms with E-state index in [-0.39, 0.29) is 5.60 Å². The molecule has 1 rings (SSSR count). The summed E-state index contributed by atoms with van der Waals surface area (Å²) in [6, 6.07) is 0.718. The lowest BCUT2D eigenvalue weighted by Crippen LogP contribution is -2.43. The Labute approximate surface area is 101 Å². The second kappa shape index (κ2) is 6.58. The molecule has 1 aliphatic rings. The van der Waals surface area contributed by atoms with Gasteiger partial charge >= 0.3 is 0 Å². The van der Waals surface area contributed by atoms with E-state index in [9.17, 15) is 0 Å². The molecule has 1 heterocycles. The molecule has 0 unspecified atom stereocenters.